The Morgan fingerprint density at radius 2 is 1.89 bits per heavy atom. The van der Waals surface area contributed by atoms with Crippen LogP contribution in [0, 0.1) is 20.8 Å². The van der Waals surface area contributed by atoms with Gasteiger partial charge in [0.15, 0.2) is 5.65 Å². The molecule has 0 bridgehead atoms. The van der Waals surface area contributed by atoms with Crippen LogP contribution in [0.1, 0.15) is 40.3 Å². The summed E-state index contributed by atoms with van der Waals surface area (Å²) in [5.41, 5.74) is 5.51. The van der Waals surface area contributed by atoms with Crippen molar-refractivity contribution < 1.29 is 4.79 Å². The summed E-state index contributed by atoms with van der Waals surface area (Å²) in [4.78, 5) is 19.6. The number of rotatable bonds is 3. The maximum atomic E-state index is 12.7. The third-order valence-electron chi connectivity index (χ3n) is 5.16. The monoisotopic (exact) mass is 363 g/mol. The van der Waals surface area contributed by atoms with Crippen molar-refractivity contribution in [2.75, 3.05) is 18.0 Å². The zero-order valence-electron chi connectivity index (χ0n) is 16.1. The van der Waals surface area contributed by atoms with Crippen molar-refractivity contribution in [2.45, 2.75) is 39.7 Å². The van der Waals surface area contributed by atoms with E-state index < -0.39 is 0 Å². The molecule has 3 heterocycles. The number of anilines is 1. The highest BCUT2D eigenvalue weighted by molar-refractivity contribution is 5.93. The Morgan fingerprint density at radius 3 is 2.63 bits per heavy atom. The molecule has 0 aliphatic carbocycles. The molecule has 6 heteroatoms. The van der Waals surface area contributed by atoms with Crippen molar-refractivity contribution in [2.24, 2.45) is 0 Å². The molecule has 1 saturated heterocycles. The van der Waals surface area contributed by atoms with Crippen LogP contribution in [0.4, 0.5) is 5.69 Å². The number of carbonyl (C=O) groups is 1. The molecule has 4 rings (SSSR count). The Bertz CT molecular complexity index is 985. The Kier molecular flexibility index (Phi) is 4.56. The van der Waals surface area contributed by atoms with Gasteiger partial charge in [0.25, 0.3) is 5.91 Å². The van der Waals surface area contributed by atoms with Gasteiger partial charge in [-0.25, -0.2) is 9.50 Å². The van der Waals surface area contributed by atoms with Crippen LogP contribution < -0.4 is 10.2 Å². The van der Waals surface area contributed by atoms with E-state index in [9.17, 15) is 4.79 Å². The summed E-state index contributed by atoms with van der Waals surface area (Å²) in [6.45, 7) is 7.88. The Hall–Kier alpha value is -2.89. The first kappa shape index (κ1) is 17.5. The molecule has 0 spiro atoms. The van der Waals surface area contributed by atoms with E-state index in [1.165, 1.54) is 11.3 Å². The van der Waals surface area contributed by atoms with E-state index in [2.05, 4.69) is 51.5 Å². The molecule has 6 nitrogen and oxygen atoms in total. The van der Waals surface area contributed by atoms with Crippen molar-refractivity contribution >= 4 is 17.2 Å². The first-order valence-corrected chi connectivity index (χ1v) is 9.46. The van der Waals surface area contributed by atoms with Crippen molar-refractivity contribution in [1.29, 1.82) is 0 Å². The highest BCUT2D eigenvalue weighted by atomic mass is 16.1. The van der Waals surface area contributed by atoms with Crippen molar-refractivity contribution in [3.63, 3.8) is 0 Å². The number of nitrogens with zero attached hydrogens (tertiary/aromatic N) is 4. The van der Waals surface area contributed by atoms with Gasteiger partial charge in [0.1, 0.15) is 5.69 Å². The molecular weight excluding hydrogens is 338 g/mol. The second-order valence-corrected chi connectivity index (χ2v) is 7.41. The van der Waals surface area contributed by atoms with Crippen LogP contribution in [0.25, 0.3) is 5.65 Å². The van der Waals surface area contributed by atoms with Gasteiger partial charge in [-0.1, -0.05) is 12.1 Å². The lowest BCUT2D eigenvalue weighted by Crippen LogP contribution is -2.45. The lowest BCUT2D eigenvalue weighted by atomic mass is 10.0. The van der Waals surface area contributed by atoms with E-state index in [0.717, 1.165) is 37.3 Å². The average Bonchev–Trinajstić information content (AvgIpc) is 3.03. The Morgan fingerprint density at radius 1 is 1.11 bits per heavy atom. The second-order valence-electron chi connectivity index (χ2n) is 7.41. The fourth-order valence-corrected chi connectivity index (χ4v) is 3.72. The normalized spacial score (nSPS) is 15.3. The number of hydrogen-bond donors (Lipinski definition) is 1. The molecule has 0 saturated carbocycles. The van der Waals surface area contributed by atoms with Crippen LogP contribution in [0.15, 0.2) is 36.4 Å². The topological polar surface area (TPSA) is 62.5 Å². The quantitative estimate of drug-likeness (QED) is 0.777. The highest BCUT2D eigenvalue weighted by Gasteiger charge is 2.22. The molecule has 1 aliphatic rings. The molecule has 1 fully saturated rings. The molecule has 1 N–H and O–H groups in total. The summed E-state index contributed by atoms with van der Waals surface area (Å²) in [6, 6.07) is 12.5. The number of fused-ring (bicyclic) bond motifs is 1. The summed E-state index contributed by atoms with van der Waals surface area (Å²) < 4.78 is 1.77. The fraction of sp³-hybridized carbons (Fsp3) is 0.381. The van der Waals surface area contributed by atoms with Gasteiger partial charge in [-0.15, -0.1) is 0 Å². The van der Waals surface area contributed by atoms with E-state index >= 15 is 0 Å². The van der Waals surface area contributed by atoms with Gasteiger partial charge in [0.2, 0.25) is 0 Å². The van der Waals surface area contributed by atoms with Gasteiger partial charge in [0, 0.05) is 36.6 Å². The van der Waals surface area contributed by atoms with Crippen LogP contribution >= 0.6 is 0 Å². The summed E-state index contributed by atoms with van der Waals surface area (Å²) >= 11 is 0. The minimum absolute atomic E-state index is 0.103. The number of piperidine rings is 1. The highest BCUT2D eigenvalue weighted by Crippen LogP contribution is 2.21. The number of nitrogens with one attached hydrogen (secondary N) is 1. The molecule has 140 valence electrons. The van der Waals surface area contributed by atoms with Gasteiger partial charge < -0.3 is 10.2 Å². The zero-order chi connectivity index (χ0) is 19.0. The van der Waals surface area contributed by atoms with Crippen LogP contribution in [-0.4, -0.2) is 39.6 Å². The largest absolute Gasteiger partial charge is 0.371 e. The standard InChI is InChI=1S/C21H25N5O/c1-14-5-4-6-18(11-14)25-9-7-17(8-10-25)22-21(27)19-13-16(3)26-20(23-19)12-15(2)24-26/h4-6,11-13,17H,7-10H2,1-3H3,(H,22,27). The first-order chi connectivity index (χ1) is 13.0. The third-order valence-corrected chi connectivity index (χ3v) is 5.16. The van der Waals surface area contributed by atoms with Crippen LogP contribution in [0.3, 0.4) is 0 Å². The van der Waals surface area contributed by atoms with Crippen molar-refractivity contribution in [1.82, 2.24) is 19.9 Å². The molecule has 0 atom stereocenters. The first-order valence-electron chi connectivity index (χ1n) is 9.46. The van der Waals surface area contributed by atoms with E-state index in [-0.39, 0.29) is 11.9 Å². The summed E-state index contributed by atoms with van der Waals surface area (Å²) in [7, 11) is 0. The van der Waals surface area contributed by atoms with E-state index in [1.807, 2.05) is 19.9 Å². The molecule has 1 aliphatic heterocycles. The summed E-state index contributed by atoms with van der Waals surface area (Å²) in [5.74, 6) is -0.103. The van der Waals surface area contributed by atoms with Crippen LogP contribution in [-0.2, 0) is 0 Å². The van der Waals surface area contributed by atoms with E-state index in [0.29, 0.717) is 11.3 Å². The molecule has 27 heavy (non-hydrogen) atoms. The summed E-state index contributed by atoms with van der Waals surface area (Å²) in [5, 5.41) is 7.55. The predicted octanol–water partition coefficient (Wildman–Crippen LogP) is 3.05. The maximum Gasteiger partial charge on any atom is 0.270 e. The molecule has 1 aromatic carbocycles. The number of hydrogen-bond acceptors (Lipinski definition) is 4. The van der Waals surface area contributed by atoms with E-state index in [4.69, 9.17) is 0 Å². The van der Waals surface area contributed by atoms with Gasteiger partial charge in [-0.3, -0.25) is 4.79 Å². The van der Waals surface area contributed by atoms with Gasteiger partial charge in [-0.2, -0.15) is 5.10 Å². The van der Waals surface area contributed by atoms with Crippen LogP contribution in [0.5, 0.6) is 0 Å². The average molecular weight is 363 g/mol. The molecule has 3 aromatic rings. The van der Waals surface area contributed by atoms with Crippen molar-refractivity contribution in [3.05, 3.63) is 59.0 Å². The number of aryl methyl sites for hydroxylation is 3. The molecule has 0 radical (unpaired) electrons. The van der Waals surface area contributed by atoms with E-state index in [1.54, 1.807) is 10.6 Å². The number of aromatic nitrogens is 3. The van der Waals surface area contributed by atoms with Gasteiger partial charge in [-0.05, 0) is 57.4 Å². The SMILES string of the molecule is Cc1cccc(N2CCC(NC(=O)c3cc(C)n4nc(C)cc4n3)CC2)c1. The number of carbonyl (C=O) groups excluding carboxylic acids is 1. The van der Waals surface area contributed by atoms with Crippen molar-refractivity contribution in [3.8, 4) is 0 Å². The zero-order valence-corrected chi connectivity index (χ0v) is 16.1. The number of benzene rings is 1. The lowest BCUT2D eigenvalue weighted by Gasteiger charge is -2.34. The third kappa shape index (κ3) is 3.65. The molecule has 1 amide bonds. The minimum atomic E-state index is -0.103. The Labute approximate surface area is 159 Å². The minimum Gasteiger partial charge on any atom is -0.371 e. The fourth-order valence-electron chi connectivity index (χ4n) is 3.72. The molecular formula is C21H25N5O. The second kappa shape index (κ2) is 7.02. The van der Waals surface area contributed by atoms with Crippen LogP contribution in [0.2, 0.25) is 0 Å². The Balaban J connectivity index is 1.41. The lowest BCUT2D eigenvalue weighted by molar-refractivity contribution is 0.0926. The summed E-state index contributed by atoms with van der Waals surface area (Å²) in [6.07, 6.45) is 1.87. The number of amides is 1. The predicted molar refractivity (Wildman–Crippen MR) is 106 cm³/mol. The molecule has 2 aromatic heterocycles. The van der Waals surface area contributed by atoms with Gasteiger partial charge >= 0.3 is 0 Å². The molecule has 0 unspecified atom stereocenters. The smallest absolute Gasteiger partial charge is 0.270 e. The maximum absolute atomic E-state index is 12.7. The van der Waals surface area contributed by atoms with Gasteiger partial charge in [0.05, 0.1) is 5.69 Å².